The number of benzene rings is 2. The SMILES string of the molecule is Cc1c(OCCC=S(=O)=O)ccc2c(=O)c(-c3ccccc3)coc12. The van der Waals surface area contributed by atoms with Gasteiger partial charge in [-0.05, 0) is 24.6 Å². The molecule has 0 aliphatic carbocycles. The van der Waals surface area contributed by atoms with Gasteiger partial charge in [0.05, 0.1) is 17.6 Å². The third kappa shape index (κ3) is 3.64. The Morgan fingerprint density at radius 2 is 1.88 bits per heavy atom. The zero-order valence-electron chi connectivity index (χ0n) is 13.6. The van der Waals surface area contributed by atoms with E-state index < -0.39 is 10.3 Å². The van der Waals surface area contributed by atoms with Crippen molar-refractivity contribution in [3.8, 4) is 16.9 Å². The van der Waals surface area contributed by atoms with E-state index in [4.69, 9.17) is 9.15 Å². The van der Waals surface area contributed by atoms with Gasteiger partial charge in [-0.2, -0.15) is 8.42 Å². The minimum atomic E-state index is -2.19. The van der Waals surface area contributed by atoms with E-state index in [0.717, 1.165) is 10.9 Å². The summed E-state index contributed by atoms with van der Waals surface area (Å²) in [6.45, 7) is 2.03. The molecule has 128 valence electrons. The lowest BCUT2D eigenvalue weighted by atomic mass is 10.0. The summed E-state index contributed by atoms with van der Waals surface area (Å²) >= 11 is 0. The lowest BCUT2D eigenvalue weighted by molar-refractivity contribution is 0.328. The van der Waals surface area contributed by atoms with Crippen molar-refractivity contribution >= 4 is 26.6 Å². The lowest BCUT2D eigenvalue weighted by Gasteiger charge is -2.10. The van der Waals surface area contributed by atoms with Crippen LogP contribution in [-0.2, 0) is 10.3 Å². The van der Waals surface area contributed by atoms with E-state index >= 15 is 0 Å². The van der Waals surface area contributed by atoms with Crippen molar-refractivity contribution in [1.82, 2.24) is 0 Å². The van der Waals surface area contributed by atoms with Gasteiger partial charge >= 0.3 is 0 Å². The molecule has 2 aromatic carbocycles. The quantitative estimate of drug-likeness (QED) is 0.518. The normalized spacial score (nSPS) is 10.6. The fourth-order valence-corrected chi connectivity index (χ4v) is 2.90. The summed E-state index contributed by atoms with van der Waals surface area (Å²) < 4.78 is 32.2. The number of hydrogen-bond acceptors (Lipinski definition) is 5. The van der Waals surface area contributed by atoms with E-state index in [1.54, 1.807) is 19.1 Å². The molecular formula is C19H16O5S. The van der Waals surface area contributed by atoms with Gasteiger partial charge in [-0.15, -0.1) is 0 Å². The van der Waals surface area contributed by atoms with Crippen LogP contribution in [0.5, 0.6) is 5.75 Å². The zero-order chi connectivity index (χ0) is 17.8. The highest BCUT2D eigenvalue weighted by molar-refractivity contribution is 7.71. The van der Waals surface area contributed by atoms with Gasteiger partial charge in [0.1, 0.15) is 17.6 Å². The maximum Gasteiger partial charge on any atom is 0.210 e. The molecule has 0 spiro atoms. The van der Waals surface area contributed by atoms with Gasteiger partial charge in [-0.3, -0.25) is 4.79 Å². The number of ether oxygens (including phenoxy) is 1. The standard InChI is InChI=1S/C19H16O5S/c1-13-17(23-10-5-11-25(21)22)9-8-15-18(20)16(12-24-19(13)15)14-6-3-2-4-7-14/h2-4,6-9,11-12H,5,10H2,1H3. The van der Waals surface area contributed by atoms with E-state index in [1.165, 1.54) is 6.26 Å². The maximum absolute atomic E-state index is 12.8. The van der Waals surface area contributed by atoms with Gasteiger partial charge < -0.3 is 9.15 Å². The van der Waals surface area contributed by atoms with Crippen LogP contribution in [0.2, 0.25) is 0 Å². The fourth-order valence-electron chi connectivity index (χ4n) is 2.61. The van der Waals surface area contributed by atoms with Crippen LogP contribution < -0.4 is 10.2 Å². The van der Waals surface area contributed by atoms with Crippen LogP contribution in [0.1, 0.15) is 12.0 Å². The molecule has 0 aliphatic rings. The van der Waals surface area contributed by atoms with Gasteiger partial charge in [-0.25, -0.2) is 0 Å². The van der Waals surface area contributed by atoms with Gasteiger partial charge in [0.25, 0.3) is 0 Å². The third-order valence-electron chi connectivity index (χ3n) is 3.85. The van der Waals surface area contributed by atoms with E-state index in [-0.39, 0.29) is 18.5 Å². The smallest absolute Gasteiger partial charge is 0.210 e. The Hall–Kier alpha value is -2.86. The van der Waals surface area contributed by atoms with Crippen LogP contribution in [0, 0.1) is 6.92 Å². The second-order valence-corrected chi connectivity index (χ2v) is 6.33. The summed E-state index contributed by atoms with van der Waals surface area (Å²) in [7, 11) is -2.19. The maximum atomic E-state index is 12.8. The van der Waals surface area contributed by atoms with Crippen LogP contribution in [0.15, 0.2) is 57.9 Å². The molecule has 0 saturated heterocycles. The fraction of sp³-hybridized carbons (Fsp3) is 0.158. The Morgan fingerprint density at radius 3 is 2.60 bits per heavy atom. The number of hydrogen-bond donors (Lipinski definition) is 0. The van der Waals surface area contributed by atoms with E-state index in [1.807, 2.05) is 30.3 Å². The summed E-state index contributed by atoms with van der Waals surface area (Å²) in [5.41, 5.74) is 2.39. The molecule has 6 heteroatoms. The lowest BCUT2D eigenvalue weighted by Crippen LogP contribution is -2.06. The first-order valence-corrected chi connectivity index (χ1v) is 8.86. The molecule has 0 unspecified atom stereocenters. The Balaban J connectivity index is 1.98. The summed E-state index contributed by atoms with van der Waals surface area (Å²) in [5, 5.41) is 1.63. The number of fused-ring (bicyclic) bond motifs is 1. The average molecular weight is 356 g/mol. The highest BCUT2D eigenvalue weighted by Crippen LogP contribution is 2.28. The van der Waals surface area contributed by atoms with Crippen LogP contribution in [0.4, 0.5) is 0 Å². The van der Waals surface area contributed by atoms with Crippen LogP contribution in [-0.4, -0.2) is 20.4 Å². The molecule has 0 atom stereocenters. The molecule has 0 fully saturated rings. The molecule has 0 saturated carbocycles. The van der Waals surface area contributed by atoms with Crippen molar-refractivity contribution < 1.29 is 17.6 Å². The second-order valence-electron chi connectivity index (χ2n) is 5.47. The van der Waals surface area contributed by atoms with Crippen molar-refractivity contribution in [3.05, 3.63) is 64.5 Å². The number of aryl methyl sites for hydroxylation is 1. The minimum absolute atomic E-state index is 0.0998. The predicted molar refractivity (Wildman–Crippen MR) is 97.8 cm³/mol. The topological polar surface area (TPSA) is 73.6 Å². The number of rotatable bonds is 5. The van der Waals surface area contributed by atoms with Crippen LogP contribution in [0.3, 0.4) is 0 Å². The van der Waals surface area contributed by atoms with Gasteiger partial charge in [0.15, 0.2) is 0 Å². The minimum Gasteiger partial charge on any atom is -0.493 e. The second kappa shape index (κ2) is 7.36. The van der Waals surface area contributed by atoms with Crippen LogP contribution >= 0.6 is 0 Å². The van der Waals surface area contributed by atoms with Gasteiger partial charge in [-0.1, -0.05) is 30.3 Å². The largest absolute Gasteiger partial charge is 0.493 e. The first-order chi connectivity index (χ1) is 12.1. The molecule has 25 heavy (non-hydrogen) atoms. The van der Waals surface area contributed by atoms with Gasteiger partial charge in [0, 0.05) is 17.4 Å². The average Bonchev–Trinajstić information content (AvgIpc) is 2.61. The first-order valence-electron chi connectivity index (χ1n) is 7.72. The molecule has 5 nitrogen and oxygen atoms in total. The van der Waals surface area contributed by atoms with E-state index in [2.05, 4.69) is 0 Å². The van der Waals surface area contributed by atoms with Crippen molar-refractivity contribution in [1.29, 1.82) is 0 Å². The molecule has 1 heterocycles. The Morgan fingerprint density at radius 1 is 1.12 bits per heavy atom. The zero-order valence-corrected chi connectivity index (χ0v) is 14.4. The van der Waals surface area contributed by atoms with Crippen molar-refractivity contribution in [3.63, 3.8) is 0 Å². The molecular weight excluding hydrogens is 340 g/mol. The highest BCUT2D eigenvalue weighted by Gasteiger charge is 2.13. The van der Waals surface area contributed by atoms with E-state index in [9.17, 15) is 13.2 Å². The van der Waals surface area contributed by atoms with Crippen molar-refractivity contribution in [2.75, 3.05) is 6.61 Å². The molecule has 3 aromatic rings. The molecule has 0 aliphatic heterocycles. The first kappa shape index (κ1) is 17.0. The molecule has 0 N–H and O–H groups in total. The molecule has 1 aromatic heterocycles. The summed E-state index contributed by atoms with van der Waals surface area (Å²) in [6.07, 6.45) is 1.75. The van der Waals surface area contributed by atoms with Gasteiger partial charge in [0.2, 0.25) is 15.7 Å². The molecule has 0 bridgehead atoms. The summed E-state index contributed by atoms with van der Waals surface area (Å²) in [4.78, 5) is 12.8. The third-order valence-corrected chi connectivity index (χ3v) is 4.36. The molecule has 0 amide bonds. The van der Waals surface area contributed by atoms with Crippen molar-refractivity contribution in [2.24, 2.45) is 0 Å². The Bertz CT molecular complexity index is 1090. The Kier molecular flexibility index (Phi) is 5.00. The highest BCUT2D eigenvalue weighted by atomic mass is 32.2. The van der Waals surface area contributed by atoms with Crippen LogP contribution in [0.25, 0.3) is 22.1 Å². The Labute approximate surface area is 146 Å². The van der Waals surface area contributed by atoms with E-state index in [0.29, 0.717) is 27.8 Å². The summed E-state index contributed by atoms with van der Waals surface area (Å²) in [6, 6.07) is 12.7. The summed E-state index contributed by atoms with van der Waals surface area (Å²) in [5.74, 6) is 0.563. The molecule has 3 rings (SSSR count). The predicted octanol–water partition coefficient (Wildman–Crippen LogP) is 3.22. The van der Waals surface area contributed by atoms with Crippen molar-refractivity contribution in [2.45, 2.75) is 13.3 Å². The monoisotopic (exact) mass is 356 g/mol. The molecule has 0 radical (unpaired) electrons.